The number of carbonyl (C=O) groups excluding carboxylic acids is 1. The quantitative estimate of drug-likeness (QED) is 0.779. The Morgan fingerprint density at radius 1 is 1.64 bits per heavy atom. The van der Waals surface area contributed by atoms with Gasteiger partial charge in [-0.05, 0) is 25.1 Å². The number of hydrogen-bond donors (Lipinski definition) is 1. The fraction of sp³-hybridized carbons (Fsp3) is 0.300. The summed E-state index contributed by atoms with van der Waals surface area (Å²) in [5.74, 6) is 0.757. The molecule has 0 unspecified atom stereocenters. The summed E-state index contributed by atoms with van der Waals surface area (Å²) < 4.78 is 9.93. The number of amides is 1. The number of furan rings is 1. The number of carbonyl (C=O) groups is 1. The lowest BCUT2D eigenvalue weighted by Crippen LogP contribution is -2.37. The zero-order chi connectivity index (χ0) is 10.0. The minimum atomic E-state index is -0.427. The van der Waals surface area contributed by atoms with Gasteiger partial charge in [-0.15, -0.1) is 0 Å². The van der Waals surface area contributed by atoms with Crippen LogP contribution < -0.4 is 5.32 Å². The van der Waals surface area contributed by atoms with E-state index in [4.69, 9.17) is 9.15 Å². The van der Waals surface area contributed by atoms with Gasteiger partial charge in [-0.2, -0.15) is 0 Å². The third kappa shape index (κ3) is 1.79. The van der Waals surface area contributed by atoms with Crippen LogP contribution in [0.1, 0.15) is 12.7 Å². The number of hydrogen-bond acceptors (Lipinski definition) is 3. The summed E-state index contributed by atoms with van der Waals surface area (Å²) in [6, 6.07) is 3.66. The third-order valence-corrected chi connectivity index (χ3v) is 2.05. The van der Waals surface area contributed by atoms with Gasteiger partial charge in [0.2, 0.25) is 0 Å². The highest BCUT2D eigenvalue weighted by Gasteiger charge is 2.32. The van der Waals surface area contributed by atoms with E-state index in [0.717, 1.165) is 5.76 Å². The maximum absolute atomic E-state index is 10.8. The van der Waals surface area contributed by atoms with Crippen molar-refractivity contribution < 1.29 is 13.9 Å². The van der Waals surface area contributed by atoms with Crippen molar-refractivity contribution in [2.24, 2.45) is 0 Å². The van der Waals surface area contributed by atoms with Crippen LogP contribution >= 0.6 is 0 Å². The highest BCUT2D eigenvalue weighted by atomic mass is 16.6. The zero-order valence-corrected chi connectivity index (χ0v) is 7.82. The normalized spacial score (nSPS) is 26.5. The van der Waals surface area contributed by atoms with Crippen molar-refractivity contribution in [3.63, 3.8) is 0 Å². The molecule has 1 amide bonds. The van der Waals surface area contributed by atoms with Crippen molar-refractivity contribution in [3.8, 4) is 0 Å². The molecule has 4 nitrogen and oxygen atoms in total. The van der Waals surface area contributed by atoms with E-state index in [1.165, 1.54) is 0 Å². The number of nitrogens with one attached hydrogen (secondary N) is 1. The van der Waals surface area contributed by atoms with Crippen LogP contribution in [0, 0.1) is 0 Å². The fourth-order valence-electron chi connectivity index (χ4n) is 1.26. The van der Waals surface area contributed by atoms with Gasteiger partial charge in [0, 0.05) is 0 Å². The molecule has 2 heterocycles. The molecule has 0 aliphatic carbocycles. The average molecular weight is 193 g/mol. The van der Waals surface area contributed by atoms with E-state index in [0.29, 0.717) is 6.61 Å². The van der Waals surface area contributed by atoms with Gasteiger partial charge in [-0.3, -0.25) is 0 Å². The molecule has 2 rings (SSSR count). The third-order valence-electron chi connectivity index (χ3n) is 2.05. The largest absolute Gasteiger partial charge is 0.465 e. The molecule has 1 atom stereocenters. The van der Waals surface area contributed by atoms with Crippen LogP contribution in [0.15, 0.2) is 28.9 Å². The van der Waals surface area contributed by atoms with Crippen LogP contribution in [0.3, 0.4) is 0 Å². The summed E-state index contributed by atoms with van der Waals surface area (Å²) >= 11 is 0. The number of cyclic esters (lactones) is 1. The van der Waals surface area contributed by atoms with Crippen LogP contribution in [0.2, 0.25) is 0 Å². The second kappa shape index (κ2) is 3.21. The Morgan fingerprint density at radius 2 is 2.50 bits per heavy atom. The summed E-state index contributed by atoms with van der Waals surface area (Å²) in [4.78, 5) is 10.8. The summed E-state index contributed by atoms with van der Waals surface area (Å²) in [6.07, 6.45) is 4.90. The predicted octanol–water partition coefficient (Wildman–Crippen LogP) is 1.79. The summed E-state index contributed by atoms with van der Waals surface area (Å²) in [6.45, 7) is 2.24. The maximum atomic E-state index is 10.8. The van der Waals surface area contributed by atoms with Gasteiger partial charge < -0.3 is 14.5 Å². The molecule has 1 N–H and O–H groups in total. The maximum Gasteiger partial charge on any atom is 0.408 e. The Bertz CT molecular complexity index is 355. The van der Waals surface area contributed by atoms with Gasteiger partial charge in [0.15, 0.2) is 0 Å². The number of rotatable bonds is 2. The van der Waals surface area contributed by atoms with Crippen molar-refractivity contribution in [1.29, 1.82) is 0 Å². The topological polar surface area (TPSA) is 51.5 Å². The molecule has 1 saturated heterocycles. The zero-order valence-electron chi connectivity index (χ0n) is 7.82. The predicted molar refractivity (Wildman–Crippen MR) is 50.6 cm³/mol. The number of alkyl carbamates (subject to hydrolysis) is 1. The van der Waals surface area contributed by atoms with E-state index >= 15 is 0 Å². The Balaban J connectivity index is 2.07. The Kier molecular flexibility index (Phi) is 2.04. The first kappa shape index (κ1) is 8.87. The molecular weight excluding hydrogens is 182 g/mol. The molecule has 0 aromatic carbocycles. The lowest BCUT2D eigenvalue weighted by atomic mass is 10.0. The molecule has 1 aliphatic rings. The van der Waals surface area contributed by atoms with Gasteiger partial charge in [-0.25, -0.2) is 4.79 Å². The molecule has 0 saturated carbocycles. The molecule has 1 aromatic rings. The Labute approximate surface area is 81.5 Å². The minimum Gasteiger partial charge on any atom is -0.465 e. The van der Waals surface area contributed by atoms with E-state index in [9.17, 15) is 4.79 Å². The van der Waals surface area contributed by atoms with Crippen LogP contribution in [0.5, 0.6) is 0 Å². The Morgan fingerprint density at radius 3 is 3.07 bits per heavy atom. The van der Waals surface area contributed by atoms with Crippen LogP contribution in [0.25, 0.3) is 6.08 Å². The van der Waals surface area contributed by atoms with Crippen molar-refractivity contribution >= 4 is 12.2 Å². The second-order valence-corrected chi connectivity index (χ2v) is 3.47. The molecule has 1 fully saturated rings. The van der Waals surface area contributed by atoms with E-state index in [1.54, 1.807) is 6.26 Å². The van der Waals surface area contributed by atoms with Crippen LogP contribution in [-0.2, 0) is 4.74 Å². The van der Waals surface area contributed by atoms with Crippen LogP contribution in [0.4, 0.5) is 4.79 Å². The second-order valence-electron chi connectivity index (χ2n) is 3.47. The van der Waals surface area contributed by atoms with E-state index in [2.05, 4.69) is 5.32 Å². The molecule has 0 spiro atoms. The Hall–Kier alpha value is -1.71. The first-order chi connectivity index (χ1) is 6.68. The summed E-state index contributed by atoms with van der Waals surface area (Å²) in [7, 11) is 0. The van der Waals surface area contributed by atoms with Crippen molar-refractivity contribution in [3.05, 3.63) is 30.2 Å². The van der Waals surface area contributed by atoms with Gasteiger partial charge in [0.1, 0.15) is 12.4 Å². The van der Waals surface area contributed by atoms with E-state index in [-0.39, 0.29) is 6.09 Å². The average Bonchev–Trinajstić information content (AvgIpc) is 2.73. The molecule has 4 heteroatoms. The molecule has 1 aromatic heterocycles. The summed E-state index contributed by atoms with van der Waals surface area (Å²) in [5.41, 5.74) is -0.427. The van der Waals surface area contributed by atoms with Crippen LogP contribution in [-0.4, -0.2) is 18.2 Å². The molecule has 74 valence electrons. The standard InChI is InChI=1S/C10H11NO3/c1-10(7-14-9(12)11-10)5-4-8-3-2-6-13-8/h2-6H,7H2,1H3,(H,11,12)/b5-4+/t10-/m1/s1. The van der Waals surface area contributed by atoms with Crippen molar-refractivity contribution in [2.75, 3.05) is 6.61 Å². The molecule has 0 bridgehead atoms. The monoisotopic (exact) mass is 193 g/mol. The van der Waals surface area contributed by atoms with Crippen molar-refractivity contribution in [1.82, 2.24) is 5.32 Å². The first-order valence-electron chi connectivity index (χ1n) is 4.36. The fourth-order valence-corrected chi connectivity index (χ4v) is 1.26. The minimum absolute atomic E-state index is 0.350. The van der Waals surface area contributed by atoms with Gasteiger partial charge in [0.05, 0.1) is 11.8 Å². The summed E-state index contributed by atoms with van der Waals surface area (Å²) in [5, 5.41) is 2.70. The molecular formula is C10H11NO3. The lowest BCUT2D eigenvalue weighted by Gasteiger charge is -2.14. The molecule has 1 aliphatic heterocycles. The van der Waals surface area contributed by atoms with E-state index in [1.807, 2.05) is 31.2 Å². The van der Waals surface area contributed by atoms with Gasteiger partial charge in [0.25, 0.3) is 0 Å². The van der Waals surface area contributed by atoms with E-state index < -0.39 is 5.54 Å². The number of ether oxygens (including phenoxy) is 1. The smallest absolute Gasteiger partial charge is 0.408 e. The molecule has 0 radical (unpaired) electrons. The highest BCUT2D eigenvalue weighted by Crippen LogP contribution is 2.15. The molecule has 14 heavy (non-hydrogen) atoms. The van der Waals surface area contributed by atoms with Gasteiger partial charge in [-0.1, -0.05) is 6.08 Å². The van der Waals surface area contributed by atoms with Crippen molar-refractivity contribution in [2.45, 2.75) is 12.5 Å². The SMILES string of the molecule is C[C@@]1(/C=C/c2ccco2)COC(=O)N1. The lowest BCUT2D eigenvalue weighted by molar-refractivity contribution is 0.175. The highest BCUT2D eigenvalue weighted by molar-refractivity contribution is 5.71. The first-order valence-corrected chi connectivity index (χ1v) is 4.36. The van der Waals surface area contributed by atoms with Gasteiger partial charge >= 0.3 is 6.09 Å².